The first-order valence-corrected chi connectivity index (χ1v) is 5.89. The minimum Gasteiger partial charge on any atom is -0.393 e. The molecule has 0 aliphatic carbocycles. The number of aromatic nitrogens is 2. The average Bonchev–Trinajstić information content (AvgIpc) is 2.85. The van der Waals surface area contributed by atoms with Crippen LogP contribution in [0.2, 0.25) is 0 Å². The molecule has 2 N–H and O–H groups in total. The summed E-state index contributed by atoms with van der Waals surface area (Å²) in [6, 6.07) is 4.08. The van der Waals surface area contributed by atoms with Crippen LogP contribution in [0.5, 0.6) is 0 Å². The van der Waals surface area contributed by atoms with E-state index in [9.17, 15) is 0 Å². The Bertz CT molecular complexity index is 445. The molecule has 2 rings (SSSR count). The summed E-state index contributed by atoms with van der Waals surface area (Å²) in [4.78, 5) is 6.04. The number of imidazole rings is 1. The summed E-state index contributed by atoms with van der Waals surface area (Å²) in [6.45, 7) is 0.794. The number of thiocarbonyl (C=S) groups is 1. The van der Waals surface area contributed by atoms with E-state index in [-0.39, 0.29) is 0 Å². The number of rotatable bonds is 4. The van der Waals surface area contributed by atoms with Crippen LogP contribution in [0.25, 0.3) is 10.7 Å². The minimum atomic E-state index is 0.542. The summed E-state index contributed by atoms with van der Waals surface area (Å²) in [5, 5.41) is 2.04. The number of hydrogen-bond acceptors (Lipinski definition) is 3. The molecule has 0 bridgehead atoms. The number of aryl methyl sites for hydroxylation is 1. The molecule has 3 nitrogen and oxygen atoms in total. The van der Waals surface area contributed by atoms with E-state index in [2.05, 4.69) is 15.6 Å². The van der Waals surface area contributed by atoms with E-state index in [4.69, 9.17) is 18.0 Å². The zero-order valence-electron chi connectivity index (χ0n) is 8.09. The highest BCUT2D eigenvalue weighted by atomic mass is 32.1. The summed E-state index contributed by atoms with van der Waals surface area (Å²) in [6.07, 6.45) is 4.46. The Kier molecular flexibility index (Phi) is 3.13. The predicted molar refractivity (Wildman–Crippen MR) is 66.9 cm³/mol. The highest BCUT2D eigenvalue weighted by Gasteiger charge is 2.06. The summed E-state index contributed by atoms with van der Waals surface area (Å²) >= 11 is 6.54. The molecule has 0 aliphatic heterocycles. The van der Waals surface area contributed by atoms with E-state index in [0.29, 0.717) is 11.4 Å². The molecule has 2 aromatic rings. The maximum Gasteiger partial charge on any atom is 0.149 e. The SMILES string of the molecule is NC(=S)CCn1ccnc1-c1cccs1. The van der Waals surface area contributed by atoms with Crippen LogP contribution in [0.1, 0.15) is 6.42 Å². The average molecular weight is 237 g/mol. The fourth-order valence-corrected chi connectivity index (χ4v) is 2.18. The zero-order chi connectivity index (χ0) is 10.7. The highest BCUT2D eigenvalue weighted by molar-refractivity contribution is 7.80. The lowest BCUT2D eigenvalue weighted by atomic mass is 10.4. The fourth-order valence-electron chi connectivity index (χ4n) is 1.35. The quantitative estimate of drug-likeness (QED) is 0.830. The molecule has 0 radical (unpaired) electrons. The Balaban J connectivity index is 2.19. The third-order valence-electron chi connectivity index (χ3n) is 2.06. The van der Waals surface area contributed by atoms with Crippen LogP contribution in [0.15, 0.2) is 29.9 Å². The highest BCUT2D eigenvalue weighted by Crippen LogP contribution is 2.22. The molecule has 15 heavy (non-hydrogen) atoms. The molecule has 0 saturated heterocycles. The van der Waals surface area contributed by atoms with E-state index in [0.717, 1.165) is 12.4 Å². The van der Waals surface area contributed by atoms with Gasteiger partial charge in [0.1, 0.15) is 5.82 Å². The van der Waals surface area contributed by atoms with Crippen LogP contribution in [-0.4, -0.2) is 14.5 Å². The maximum absolute atomic E-state index is 5.48. The molecule has 0 saturated carbocycles. The fraction of sp³-hybridized carbons (Fsp3) is 0.200. The van der Waals surface area contributed by atoms with Gasteiger partial charge in [-0.05, 0) is 11.4 Å². The van der Waals surface area contributed by atoms with Gasteiger partial charge in [0.25, 0.3) is 0 Å². The molecule has 0 atom stereocenters. The molecule has 0 fully saturated rings. The van der Waals surface area contributed by atoms with Crippen molar-refractivity contribution in [3.05, 3.63) is 29.9 Å². The molecule has 2 aromatic heterocycles. The molecular formula is C10H11N3S2. The van der Waals surface area contributed by atoms with E-state index in [1.807, 2.05) is 17.6 Å². The van der Waals surface area contributed by atoms with Crippen molar-refractivity contribution >= 4 is 28.5 Å². The van der Waals surface area contributed by atoms with Gasteiger partial charge in [-0.3, -0.25) is 0 Å². The van der Waals surface area contributed by atoms with Gasteiger partial charge in [0, 0.05) is 25.4 Å². The van der Waals surface area contributed by atoms with Crippen molar-refractivity contribution in [3.8, 4) is 10.7 Å². The summed E-state index contributed by atoms with van der Waals surface area (Å²) in [5.74, 6) is 0.987. The van der Waals surface area contributed by atoms with Crippen LogP contribution in [-0.2, 0) is 6.54 Å². The van der Waals surface area contributed by atoms with Crippen LogP contribution in [0, 0.1) is 0 Å². The largest absolute Gasteiger partial charge is 0.393 e. The zero-order valence-corrected chi connectivity index (χ0v) is 9.72. The summed E-state index contributed by atoms with van der Waals surface area (Å²) in [5.41, 5.74) is 5.48. The Morgan fingerprint density at radius 1 is 1.60 bits per heavy atom. The second-order valence-corrected chi connectivity index (χ2v) is 4.61. The first-order valence-electron chi connectivity index (χ1n) is 4.60. The van der Waals surface area contributed by atoms with Gasteiger partial charge in [-0.25, -0.2) is 4.98 Å². The van der Waals surface area contributed by atoms with Crippen LogP contribution in [0.4, 0.5) is 0 Å². The van der Waals surface area contributed by atoms with Crippen molar-refractivity contribution in [2.24, 2.45) is 5.73 Å². The van der Waals surface area contributed by atoms with Gasteiger partial charge in [-0.15, -0.1) is 11.3 Å². The Morgan fingerprint density at radius 2 is 2.47 bits per heavy atom. The molecule has 0 aliphatic rings. The van der Waals surface area contributed by atoms with Crippen molar-refractivity contribution in [2.75, 3.05) is 0 Å². The van der Waals surface area contributed by atoms with Crippen LogP contribution in [0.3, 0.4) is 0 Å². The van der Waals surface area contributed by atoms with Gasteiger partial charge in [-0.1, -0.05) is 18.3 Å². The van der Waals surface area contributed by atoms with Gasteiger partial charge in [0.2, 0.25) is 0 Å². The number of thiophene rings is 1. The van der Waals surface area contributed by atoms with Crippen molar-refractivity contribution < 1.29 is 0 Å². The number of nitrogens with zero attached hydrogens (tertiary/aromatic N) is 2. The molecule has 78 valence electrons. The normalized spacial score (nSPS) is 10.4. The molecule has 2 heterocycles. The Labute approximate surface area is 97.6 Å². The van der Waals surface area contributed by atoms with E-state index in [1.165, 1.54) is 4.88 Å². The van der Waals surface area contributed by atoms with E-state index in [1.54, 1.807) is 17.5 Å². The molecular weight excluding hydrogens is 226 g/mol. The maximum atomic E-state index is 5.48. The van der Waals surface area contributed by atoms with Gasteiger partial charge >= 0.3 is 0 Å². The molecule has 0 unspecified atom stereocenters. The third kappa shape index (κ3) is 2.43. The van der Waals surface area contributed by atoms with Crippen molar-refractivity contribution in [2.45, 2.75) is 13.0 Å². The lowest BCUT2D eigenvalue weighted by molar-refractivity contribution is 0.735. The van der Waals surface area contributed by atoms with Crippen molar-refractivity contribution in [1.29, 1.82) is 0 Å². The van der Waals surface area contributed by atoms with E-state index >= 15 is 0 Å². The van der Waals surface area contributed by atoms with Gasteiger partial charge in [0.05, 0.1) is 9.87 Å². The van der Waals surface area contributed by atoms with Gasteiger partial charge in [-0.2, -0.15) is 0 Å². The van der Waals surface area contributed by atoms with Gasteiger partial charge in [0.15, 0.2) is 0 Å². The molecule has 5 heteroatoms. The smallest absolute Gasteiger partial charge is 0.149 e. The number of nitrogens with two attached hydrogens (primary N) is 1. The molecule has 0 aromatic carbocycles. The second-order valence-electron chi connectivity index (χ2n) is 3.14. The van der Waals surface area contributed by atoms with Crippen LogP contribution >= 0.6 is 23.6 Å². The lowest BCUT2D eigenvalue weighted by Gasteiger charge is -2.04. The number of hydrogen-bond donors (Lipinski definition) is 1. The Hall–Kier alpha value is -1.20. The van der Waals surface area contributed by atoms with Crippen molar-refractivity contribution in [1.82, 2.24) is 9.55 Å². The van der Waals surface area contributed by atoms with E-state index < -0.39 is 0 Å². The predicted octanol–water partition coefficient (Wildman–Crippen LogP) is 2.29. The molecule has 0 spiro atoms. The van der Waals surface area contributed by atoms with Crippen LogP contribution < -0.4 is 5.73 Å². The van der Waals surface area contributed by atoms with Crippen molar-refractivity contribution in [3.63, 3.8) is 0 Å². The first kappa shape index (κ1) is 10.3. The Morgan fingerprint density at radius 3 is 3.13 bits per heavy atom. The first-order chi connectivity index (χ1) is 7.27. The lowest BCUT2D eigenvalue weighted by Crippen LogP contribution is -2.11. The topological polar surface area (TPSA) is 43.8 Å². The minimum absolute atomic E-state index is 0.542. The summed E-state index contributed by atoms with van der Waals surface area (Å²) < 4.78 is 2.07. The summed E-state index contributed by atoms with van der Waals surface area (Å²) in [7, 11) is 0. The third-order valence-corrected chi connectivity index (χ3v) is 3.13. The van der Waals surface area contributed by atoms with Gasteiger partial charge < -0.3 is 10.3 Å². The monoisotopic (exact) mass is 237 g/mol. The second kappa shape index (κ2) is 4.55. The standard InChI is InChI=1S/C10H11N3S2/c11-9(14)3-5-13-6-4-12-10(13)8-2-1-7-15-8/h1-2,4,6-7H,3,5H2,(H2,11,14). The molecule has 0 amide bonds.